The van der Waals surface area contributed by atoms with Gasteiger partial charge in [0.15, 0.2) is 0 Å². The van der Waals surface area contributed by atoms with Crippen LogP contribution in [0.4, 0.5) is 0 Å². The number of carbonyl (C=O) groups excluding carboxylic acids is 5. The van der Waals surface area contributed by atoms with Crippen LogP contribution in [0, 0.1) is 16.7 Å². The van der Waals surface area contributed by atoms with Gasteiger partial charge in [-0.3, -0.25) is 28.9 Å². The van der Waals surface area contributed by atoms with Gasteiger partial charge in [-0.25, -0.2) is 0 Å². The molecule has 0 aliphatic carbocycles. The molecule has 0 aromatic rings. The van der Waals surface area contributed by atoms with Crippen molar-refractivity contribution in [1.29, 1.82) is 0 Å². The van der Waals surface area contributed by atoms with Crippen molar-refractivity contribution in [3.63, 3.8) is 0 Å². The second-order valence-corrected chi connectivity index (χ2v) is 11.6. The quantitative estimate of drug-likeness (QED) is 0.266. The van der Waals surface area contributed by atoms with E-state index in [1.807, 2.05) is 41.5 Å². The number of rotatable bonds is 15. The molecule has 1 saturated heterocycles. The van der Waals surface area contributed by atoms with Crippen molar-refractivity contribution in [3.05, 3.63) is 0 Å². The number of nitrogens with zero attached hydrogens (tertiary/aromatic N) is 1. The fraction of sp³-hybridized carbons (Fsp3) is 0.808. The van der Waals surface area contributed by atoms with E-state index in [9.17, 15) is 24.0 Å². The van der Waals surface area contributed by atoms with Crippen LogP contribution in [0.3, 0.4) is 0 Å². The zero-order chi connectivity index (χ0) is 26.6. The summed E-state index contributed by atoms with van der Waals surface area (Å²) in [5.74, 6) is -0.842. The van der Waals surface area contributed by atoms with Gasteiger partial charge in [0.25, 0.3) is 0 Å². The Morgan fingerprint density at radius 2 is 1.51 bits per heavy atom. The molecule has 0 radical (unpaired) electrons. The topological polar surface area (TPSA) is 122 Å². The molecule has 1 heterocycles. The Balaban J connectivity index is 2.04. The van der Waals surface area contributed by atoms with Crippen molar-refractivity contribution < 1.29 is 28.7 Å². The van der Waals surface area contributed by atoms with Crippen molar-refractivity contribution in [3.8, 4) is 0 Å². The first kappa shape index (κ1) is 30.7. The SMILES string of the molecule is CC(C)(C)CC(=O)NCCCC(=O)CCOCCCNC(=O)CCN1C(=O)CC(C(C)(C)C)C1=O. The molecule has 200 valence electrons. The zero-order valence-electron chi connectivity index (χ0n) is 22.5. The normalized spacial score (nSPS) is 16.5. The molecule has 4 amide bonds. The zero-order valence-corrected chi connectivity index (χ0v) is 22.5. The molecule has 0 bridgehead atoms. The molecule has 1 atom stereocenters. The number of hydrogen-bond acceptors (Lipinski definition) is 6. The first-order valence-electron chi connectivity index (χ1n) is 12.7. The van der Waals surface area contributed by atoms with E-state index >= 15 is 0 Å². The van der Waals surface area contributed by atoms with Gasteiger partial charge in [-0.15, -0.1) is 0 Å². The summed E-state index contributed by atoms with van der Waals surface area (Å²) in [6.45, 7) is 13.6. The number of amides is 4. The first-order chi connectivity index (χ1) is 16.2. The third-order valence-electron chi connectivity index (χ3n) is 5.81. The molecule has 0 aromatic carbocycles. The minimum absolute atomic E-state index is 0.00701. The van der Waals surface area contributed by atoms with Gasteiger partial charge in [-0.05, 0) is 23.7 Å². The fourth-order valence-corrected chi connectivity index (χ4v) is 3.77. The van der Waals surface area contributed by atoms with Gasteiger partial charge in [-0.1, -0.05) is 41.5 Å². The number of carbonyl (C=O) groups is 5. The Labute approximate surface area is 210 Å². The second-order valence-electron chi connectivity index (χ2n) is 11.6. The average Bonchev–Trinajstić information content (AvgIpc) is 3.01. The monoisotopic (exact) mass is 495 g/mol. The van der Waals surface area contributed by atoms with Crippen LogP contribution in [-0.2, 0) is 28.7 Å². The van der Waals surface area contributed by atoms with Crippen molar-refractivity contribution in [1.82, 2.24) is 15.5 Å². The summed E-state index contributed by atoms with van der Waals surface area (Å²) in [6, 6.07) is 0. The Kier molecular flexibility index (Phi) is 12.6. The highest BCUT2D eigenvalue weighted by Crippen LogP contribution is 2.35. The molecule has 0 saturated carbocycles. The van der Waals surface area contributed by atoms with E-state index in [1.54, 1.807) is 0 Å². The molecule has 0 aromatic heterocycles. The largest absolute Gasteiger partial charge is 0.381 e. The third kappa shape index (κ3) is 12.8. The summed E-state index contributed by atoms with van der Waals surface area (Å²) in [7, 11) is 0. The molecule has 9 heteroatoms. The maximum absolute atomic E-state index is 12.4. The highest BCUT2D eigenvalue weighted by Gasteiger charge is 2.44. The highest BCUT2D eigenvalue weighted by molar-refractivity contribution is 6.04. The minimum Gasteiger partial charge on any atom is -0.381 e. The Morgan fingerprint density at radius 1 is 0.886 bits per heavy atom. The minimum atomic E-state index is -0.332. The van der Waals surface area contributed by atoms with Gasteiger partial charge in [-0.2, -0.15) is 0 Å². The van der Waals surface area contributed by atoms with E-state index in [1.165, 1.54) is 4.90 Å². The Hall–Kier alpha value is -2.29. The molecule has 1 fully saturated rings. The highest BCUT2D eigenvalue weighted by atomic mass is 16.5. The van der Waals surface area contributed by atoms with Crippen molar-refractivity contribution in [2.75, 3.05) is 32.8 Å². The number of imide groups is 1. The lowest BCUT2D eigenvalue weighted by Crippen LogP contribution is -2.37. The molecule has 1 rings (SSSR count). The van der Waals surface area contributed by atoms with Crippen molar-refractivity contribution in [2.24, 2.45) is 16.7 Å². The predicted octanol–water partition coefficient (Wildman–Crippen LogP) is 2.61. The van der Waals surface area contributed by atoms with E-state index in [0.29, 0.717) is 58.4 Å². The summed E-state index contributed by atoms with van der Waals surface area (Å²) < 4.78 is 5.46. The van der Waals surface area contributed by atoms with Gasteiger partial charge < -0.3 is 15.4 Å². The van der Waals surface area contributed by atoms with Crippen LogP contribution in [0.2, 0.25) is 0 Å². The van der Waals surface area contributed by atoms with Gasteiger partial charge in [0, 0.05) is 58.3 Å². The predicted molar refractivity (Wildman–Crippen MR) is 133 cm³/mol. The maximum atomic E-state index is 12.4. The van der Waals surface area contributed by atoms with Crippen molar-refractivity contribution >= 4 is 29.4 Å². The van der Waals surface area contributed by atoms with Crippen molar-refractivity contribution in [2.45, 2.75) is 86.5 Å². The van der Waals surface area contributed by atoms with Crippen LogP contribution >= 0.6 is 0 Å². The Morgan fingerprint density at radius 3 is 2.11 bits per heavy atom. The molecule has 1 unspecified atom stereocenters. The molecule has 35 heavy (non-hydrogen) atoms. The van der Waals surface area contributed by atoms with E-state index in [0.717, 1.165) is 0 Å². The molecule has 2 N–H and O–H groups in total. The first-order valence-corrected chi connectivity index (χ1v) is 12.7. The summed E-state index contributed by atoms with van der Waals surface area (Å²) >= 11 is 0. The third-order valence-corrected chi connectivity index (χ3v) is 5.81. The van der Waals surface area contributed by atoms with Crippen LogP contribution < -0.4 is 10.6 Å². The summed E-state index contributed by atoms with van der Waals surface area (Å²) in [4.78, 5) is 61.4. The molecule has 0 spiro atoms. The summed E-state index contributed by atoms with van der Waals surface area (Å²) in [5, 5.41) is 5.60. The van der Waals surface area contributed by atoms with Gasteiger partial charge >= 0.3 is 0 Å². The van der Waals surface area contributed by atoms with Crippen LogP contribution in [0.25, 0.3) is 0 Å². The van der Waals surface area contributed by atoms with Crippen LogP contribution in [0.5, 0.6) is 0 Å². The average molecular weight is 496 g/mol. The summed E-state index contributed by atoms with van der Waals surface area (Å²) in [5.41, 5.74) is -0.331. The number of hydrogen-bond donors (Lipinski definition) is 2. The summed E-state index contributed by atoms with van der Waals surface area (Å²) in [6.07, 6.45) is 2.71. The molecule has 1 aliphatic rings. The van der Waals surface area contributed by atoms with E-state index < -0.39 is 0 Å². The standard InChI is InChI=1S/C26H45N3O6/c1-25(2,3)18-22(32)28-12-7-9-19(30)11-16-35-15-8-13-27-21(31)10-14-29-23(33)17-20(24(29)34)26(4,5)6/h20H,7-18H2,1-6H3,(H,27,31)(H,28,32). The van der Waals surface area contributed by atoms with Crippen LogP contribution in [-0.4, -0.2) is 67.2 Å². The van der Waals surface area contributed by atoms with E-state index in [-0.39, 0.29) is 65.5 Å². The molecular formula is C26H45N3O6. The second kappa shape index (κ2) is 14.3. The number of ether oxygens (including phenoxy) is 1. The lowest BCUT2D eigenvalue weighted by atomic mass is 9.80. The number of likely N-dealkylation sites (tertiary alicyclic amines) is 1. The lowest BCUT2D eigenvalue weighted by molar-refractivity contribution is -0.140. The molecule has 9 nitrogen and oxygen atoms in total. The smallest absolute Gasteiger partial charge is 0.233 e. The number of nitrogens with one attached hydrogen (secondary N) is 2. The van der Waals surface area contributed by atoms with Gasteiger partial charge in [0.05, 0.1) is 12.5 Å². The molecule has 1 aliphatic heterocycles. The van der Waals surface area contributed by atoms with Crippen LogP contribution in [0.1, 0.15) is 86.5 Å². The number of Topliss-reactive ketones (excluding diaryl/α,β-unsaturated/α-hetero) is 1. The lowest BCUT2D eigenvalue weighted by Gasteiger charge is -2.24. The van der Waals surface area contributed by atoms with E-state index in [2.05, 4.69) is 10.6 Å². The maximum Gasteiger partial charge on any atom is 0.233 e. The Bertz CT molecular complexity index is 751. The van der Waals surface area contributed by atoms with Gasteiger partial charge in [0.2, 0.25) is 23.6 Å². The van der Waals surface area contributed by atoms with Crippen LogP contribution in [0.15, 0.2) is 0 Å². The fourth-order valence-electron chi connectivity index (χ4n) is 3.77. The van der Waals surface area contributed by atoms with E-state index in [4.69, 9.17) is 4.74 Å². The van der Waals surface area contributed by atoms with Gasteiger partial charge in [0.1, 0.15) is 5.78 Å². The molecular weight excluding hydrogens is 450 g/mol. The number of ketones is 1.